The highest BCUT2D eigenvalue weighted by Crippen LogP contribution is 2.25. The lowest BCUT2D eigenvalue weighted by Crippen LogP contribution is -2.29. The summed E-state index contributed by atoms with van der Waals surface area (Å²) in [6, 6.07) is 13.9. The molecule has 136 valence electrons. The zero-order chi connectivity index (χ0) is 19.3. The molecule has 2 rings (SSSR count). The van der Waals surface area contributed by atoms with Crippen molar-refractivity contribution in [1.82, 2.24) is 5.32 Å². The molecule has 0 aliphatic rings. The molecule has 0 saturated heterocycles. The first-order chi connectivity index (χ1) is 12.3. The zero-order valence-corrected chi connectivity index (χ0v) is 16.6. The number of hydrogen-bond donors (Lipinski definition) is 3. The SMILES string of the molecule is CC(=N)/C(NC(=O)O[C@H](C)c1ccccc1Cl)=C(\O)c1ccc(Br)cc1. The van der Waals surface area contributed by atoms with Crippen molar-refractivity contribution in [2.24, 2.45) is 0 Å². The molecule has 0 aliphatic heterocycles. The molecule has 0 heterocycles. The average Bonchev–Trinajstić information content (AvgIpc) is 2.59. The van der Waals surface area contributed by atoms with E-state index < -0.39 is 12.2 Å². The van der Waals surface area contributed by atoms with E-state index in [1.807, 2.05) is 0 Å². The maximum absolute atomic E-state index is 12.2. The first kappa shape index (κ1) is 20.0. The largest absolute Gasteiger partial charge is 0.505 e. The van der Waals surface area contributed by atoms with Crippen LogP contribution >= 0.6 is 27.5 Å². The lowest BCUT2D eigenvalue weighted by atomic mass is 10.1. The van der Waals surface area contributed by atoms with Gasteiger partial charge < -0.3 is 15.3 Å². The lowest BCUT2D eigenvalue weighted by Gasteiger charge is -2.17. The van der Waals surface area contributed by atoms with E-state index in [1.54, 1.807) is 55.5 Å². The Morgan fingerprint density at radius 1 is 1.23 bits per heavy atom. The van der Waals surface area contributed by atoms with E-state index in [2.05, 4.69) is 21.2 Å². The van der Waals surface area contributed by atoms with Crippen LogP contribution in [0.15, 0.2) is 58.7 Å². The van der Waals surface area contributed by atoms with Crippen LogP contribution in [0.5, 0.6) is 0 Å². The van der Waals surface area contributed by atoms with Gasteiger partial charge in [-0.2, -0.15) is 0 Å². The standard InChI is InChI=1S/C19H18BrClN2O3/c1-11(22)17(18(24)13-7-9-14(20)10-8-13)23-19(25)26-12(2)15-5-3-4-6-16(15)21/h3-10,12,22,24H,1-2H3,(H,23,25)/b18-17+,22-11?/t12-/m1/s1. The molecule has 0 radical (unpaired) electrons. The van der Waals surface area contributed by atoms with Crippen LogP contribution in [0.1, 0.15) is 31.1 Å². The number of aliphatic hydroxyl groups is 1. The molecule has 1 amide bonds. The van der Waals surface area contributed by atoms with Gasteiger partial charge in [0.05, 0.1) is 5.71 Å². The fourth-order valence-electron chi connectivity index (χ4n) is 2.24. The van der Waals surface area contributed by atoms with Crippen molar-refractivity contribution in [3.05, 3.63) is 74.9 Å². The fraction of sp³-hybridized carbons (Fsp3) is 0.158. The first-order valence-corrected chi connectivity index (χ1v) is 8.93. The quantitative estimate of drug-likeness (QED) is 0.405. The van der Waals surface area contributed by atoms with Gasteiger partial charge in [-0.1, -0.05) is 57.9 Å². The Hall–Kier alpha value is -2.31. The molecule has 7 heteroatoms. The van der Waals surface area contributed by atoms with E-state index in [0.29, 0.717) is 16.1 Å². The Balaban J connectivity index is 2.18. The average molecular weight is 438 g/mol. The van der Waals surface area contributed by atoms with E-state index >= 15 is 0 Å². The summed E-state index contributed by atoms with van der Waals surface area (Å²) >= 11 is 9.42. The molecule has 5 nitrogen and oxygen atoms in total. The van der Waals surface area contributed by atoms with Crippen molar-refractivity contribution in [3.8, 4) is 0 Å². The number of ether oxygens (including phenoxy) is 1. The summed E-state index contributed by atoms with van der Waals surface area (Å²) in [6.45, 7) is 3.15. The first-order valence-electron chi connectivity index (χ1n) is 7.76. The molecular formula is C19H18BrClN2O3. The van der Waals surface area contributed by atoms with Crippen LogP contribution in [0.4, 0.5) is 4.79 Å². The predicted octanol–water partition coefficient (Wildman–Crippen LogP) is 5.86. The second-order valence-corrected chi connectivity index (χ2v) is 6.87. The molecule has 2 aromatic rings. The van der Waals surface area contributed by atoms with Gasteiger partial charge in [0.15, 0.2) is 0 Å². The summed E-state index contributed by atoms with van der Waals surface area (Å²) in [5, 5.41) is 21.2. The van der Waals surface area contributed by atoms with Crippen molar-refractivity contribution < 1.29 is 14.6 Å². The van der Waals surface area contributed by atoms with E-state index in [1.165, 1.54) is 6.92 Å². The van der Waals surface area contributed by atoms with Crippen LogP contribution in [0, 0.1) is 5.41 Å². The highest BCUT2D eigenvalue weighted by molar-refractivity contribution is 9.10. The predicted molar refractivity (Wildman–Crippen MR) is 107 cm³/mol. The molecule has 0 fully saturated rings. The summed E-state index contributed by atoms with van der Waals surface area (Å²) in [6.07, 6.45) is -1.38. The van der Waals surface area contributed by atoms with Gasteiger partial charge in [0.25, 0.3) is 0 Å². The van der Waals surface area contributed by atoms with Crippen LogP contribution in [-0.2, 0) is 4.74 Å². The van der Waals surface area contributed by atoms with Gasteiger partial charge in [0, 0.05) is 20.6 Å². The number of aliphatic hydroxyl groups excluding tert-OH is 1. The minimum absolute atomic E-state index is 0.00670. The minimum atomic E-state index is -0.789. The number of rotatable bonds is 5. The number of amides is 1. The van der Waals surface area contributed by atoms with Crippen molar-refractivity contribution in [2.45, 2.75) is 20.0 Å². The number of benzene rings is 2. The zero-order valence-electron chi connectivity index (χ0n) is 14.2. The Kier molecular flexibility index (Phi) is 6.83. The molecular weight excluding hydrogens is 420 g/mol. The Morgan fingerprint density at radius 3 is 2.42 bits per heavy atom. The molecule has 2 aromatic carbocycles. The molecule has 0 unspecified atom stereocenters. The second kappa shape index (κ2) is 8.87. The van der Waals surface area contributed by atoms with E-state index in [4.69, 9.17) is 21.7 Å². The number of hydrogen-bond acceptors (Lipinski definition) is 4. The van der Waals surface area contributed by atoms with Crippen LogP contribution in [0.2, 0.25) is 5.02 Å². The molecule has 0 aliphatic carbocycles. The van der Waals surface area contributed by atoms with Crippen LogP contribution in [0.3, 0.4) is 0 Å². The summed E-state index contributed by atoms with van der Waals surface area (Å²) in [5.41, 5.74) is 1.10. The van der Waals surface area contributed by atoms with Gasteiger partial charge in [-0.25, -0.2) is 4.79 Å². The number of alkyl carbamates (subject to hydrolysis) is 1. The maximum atomic E-state index is 12.2. The summed E-state index contributed by atoms with van der Waals surface area (Å²) in [4.78, 5) is 12.2. The molecule has 0 aromatic heterocycles. The third-order valence-electron chi connectivity index (χ3n) is 3.58. The monoisotopic (exact) mass is 436 g/mol. The second-order valence-electron chi connectivity index (χ2n) is 5.55. The molecule has 0 spiro atoms. The van der Waals surface area contributed by atoms with E-state index in [9.17, 15) is 9.90 Å². The Labute approximate surface area is 165 Å². The van der Waals surface area contributed by atoms with Crippen molar-refractivity contribution in [2.75, 3.05) is 0 Å². The maximum Gasteiger partial charge on any atom is 0.412 e. The highest BCUT2D eigenvalue weighted by Gasteiger charge is 2.18. The number of allylic oxidation sites excluding steroid dienone is 1. The van der Waals surface area contributed by atoms with Crippen molar-refractivity contribution in [3.63, 3.8) is 0 Å². The van der Waals surface area contributed by atoms with Gasteiger partial charge in [-0.05, 0) is 32.0 Å². The van der Waals surface area contributed by atoms with Gasteiger partial charge in [-0.3, -0.25) is 5.32 Å². The summed E-state index contributed by atoms with van der Waals surface area (Å²) in [7, 11) is 0. The number of carbonyl (C=O) groups is 1. The Bertz CT molecular complexity index is 850. The molecule has 0 bridgehead atoms. The third kappa shape index (κ3) is 5.09. The van der Waals surface area contributed by atoms with E-state index in [-0.39, 0.29) is 17.2 Å². The summed E-state index contributed by atoms with van der Waals surface area (Å²) in [5.74, 6) is -0.215. The van der Waals surface area contributed by atoms with E-state index in [0.717, 1.165) is 4.47 Å². The molecule has 26 heavy (non-hydrogen) atoms. The third-order valence-corrected chi connectivity index (χ3v) is 4.46. The smallest absolute Gasteiger partial charge is 0.412 e. The van der Waals surface area contributed by atoms with Gasteiger partial charge in [0.1, 0.15) is 17.6 Å². The van der Waals surface area contributed by atoms with Gasteiger partial charge in [-0.15, -0.1) is 0 Å². The number of nitrogens with one attached hydrogen (secondary N) is 2. The number of halogens is 2. The normalized spacial score (nSPS) is 12.8. The molecule has 0 saturated carbocycles. The van der Waals surface area contributed by atoms with Crippen molar-refractivity contribution in [1.29, 1.82) is 5.41 Å². The van der Waals surface area contributed by atoms with Crippen LogP contribution in [0.25, 0.3) is 5.76 Å². The highest BCUT2D eigenvalue weighted by atomic mass is 79.9. The van der Waals surface area contributed by atoms with Crippen LogP contribution < -0.4 is 5.32 Å². The van der Waals surface area contributed by atoms with Crippen LogP contribution in [-0.4, -0.2) is 16.9 Å². The minimum Gasteiger partial charge on any atom is -0.505 e. The van der Waals surface area contributed by atoms with Gasteiger partial charge in [0.2, 0.25) is 0 Å². The van der Waals surface area contributed by atoms with Crippen molar-refractivity contribution >= 4 is 45.1 Å². The summed E-state index contributed by atoms with van der Waals surface area (Å²) < 4.78 is 6.17. The molecule has 3 N–H and O–H groups in total. The van der Waals surface area contributed by atoms with Gasteiger partial charge >= 0.3 is 6.09 Å². The Morgan fingerprint density at radius 2 is 1.85 bits per heavy atom. The molecule has 1 atom stereocenters. The topological polar surface area (TPSA) is 82.4 Å². The lowest BCUT2D eigenvalue weighted by molar-refractivity contribution is 0.110. The fourth-order valence-corrected chi connectivity index (χ4v) is 2.80. The number of carbonyl (C=O) groups excluding carboxylic acids is 1.